The minimum atomic E-state index is 0.00842. The van der Waals surface area contributed by atoms with E-state index in [2.05, 4.69) is 37.1 Å². The number of nitrogens with two attached hydrogens (primary N) is 2. The van der Waals surface area contributed by atoms with E-state index in [4.69, 9.17) is 11.5 Å². The van der Waals surface area contributed by atoms with Gasteiger partial charge in [-0.15, -0.1) is 5.10 Å². The molecule has 0 aromatic rings. The summed E-state index contributed by atoms with van der Waals surface area (Å²) in [5.74, 6) is 1.54. The highest BCUT2D eigenvalue weighted by molar-refractivity contribution is 5.76. The van der Waals surface area contributed by atoms with Gasteiger partial charge in [0, 0.05) is 12.1 Å². The summed E-state index contributed by atoms with van der Waals surface area (Å²) in [5.41, 5.74) is 11.9. The molecule has 0 aromatic carbocycles. The maximum Gasteiger partial charge on any atom is 0.211 e. The summed E-state index contributed by atoms with van der Waals surface area (Å²) in [5, 5.41) is 7.53. The first-order valence-electron chi connectivity index (χ1n) is 5.30. The molecule has 1 aliphatic rings. The van der Waals surface area contributed by atoms with Crippen molar-refractivity contribution in [2.45, 2.75) is 27.2 Å². The molecule has 1 aliphatic carbocycles. The zero-order valence-corrected chi connectivity index (χ0v) is 9.64. The van der Waals surface area contributed by atoms with Crippen LogP contribution in [0.25, 0.3) is 0 Å². The van der Waals surface area contributed by atoms with Gasteiger partial charge in [-0.2, -0.15) is 5.10 Å². The molecule has 0 saturated carbocycles. The second-order valence-electron chi connectivity index (χ2n) is 4.42. The molecule has 4 heteroatoms. The third kappa shape index (κ3) is 3.38. The van der Waals surface area contributed by atoms with Crippen LogP contribution in [0.3, 0.4) is 0 Å². The largest absolute Gasteiger partial charge is 0.369 e. The van der Waals surface area contributed by atoms with Crippen LogP contribution in [0.5, 0.6) is 0 Å². The summed E-state index contributed by atoms with van der Waals surface area (Å²) in [4.78, 5) is 0. The summed E-state index contributed by atoms with van der Waals surface area (Å²) < 4.78 is 0. The fraction of sp³-hybridized carbons (Fsp3) is 0.636. The van der Waals surface area contributed by atoms with Gasteiger partial charge < -0.3 is 11.5 Å². The Labute approximate surface area is 91.1 Å². The van der Waals surface area contributed by atoms with Crippen LogP contribution in [0.2, 0.25) is 0 Å². The molecule has 4 N–H and O–H groups in total. The van der Waals surface area contributed by atoms with Gasteiger partial charge in [0.2, 0.25) is 5.96 Å². The number of hydrogen-bond acceptors (Lipinski definition) is 2. The van der Waals surface area contributed by atoms with E-state index < -0.39 is 0 Å². The Balaban J connectivity index is 2.70. The molecule has 0 fully saturated rings. The Kier molecular flexibility index (Phi) is 3.88. The van der Waals surface area contributed by atoms with E-state index in [9.17, 15) is 0 Å². The van der Waals surface area contributed by atoms with E-state index in [-0.39, 0.29) is 5.96 Å². The molecule has 0 heterocycles. The molecule has 0 amide bonds. The molecular weight excluding hydrogens is 188 g/mol. The van der Waals surface area contributed by atoms with Crippen molar-refractivity contribution in [3.05, 3.63) is 11.6 Å². The third-order valence-corrected chi connectivity index (χ3v) is 2.87. The van der Waals surface area contributed by atoms with Gasteiger partial charge in [-0.05, 0) is 25.2 Å². The lowest BCUT2D eigenvalue weighted by molar-refractivity contribution is 0.362. The van der Waals surface area contributed by atoms with Gasteiger partial charge in [-0.3, -0.25) is 0 Å². The maximum atomic E-state index is 5.20. The van der Waals surface area contributed by atoms with Crippen LogP contribution in [-0.4, -0.2) is 12.2 Å². The molecule has 4 nitrogen and oxygen atoms in total. The first-order chi connectivity index (χ1) is 7.00. The SMILES string of the molecule is CC1=C[C@H](C)[C@@H](/C=N\N=C(N)N)[C@H](C)C1. The van der Waals surface area contributed by atoms with E-state index in [1.165, 1.54) is 5.57 Å². The smallest absolute Gasteiger partial charge is 0.211 e. The summed E-state index contributed by atoms with van der Waals surface area (Å²) in [6.07, 6.45) is 5.28. The van der Waals surface area contributed by atoms with Crippen molar-refractivity contribution in [1.82, 2.24) is 0 Å². The van der Waals surface area contributed by atoms with Crippen LogP contribution in [-0.2, 0) is 0 Å². The van der Waals surface area contributed by atoms with Crippen molar-refractivity contribution < 1.29 is 0 Å². The predicted octanol–water partition coefficient (Wildman–Crippen LogP) is 1.48. The zero-order chi connectivity index (χ0) is 11.4. The molecule has 0 aromatic heterocycles. The van der Waals surface area contributed by atoms with Crippen molar-refractivity contribution in [3.63, 3.8) is 0 Å². The molecule has 0 spiro atoms. The third-order valence-electron chi connectivity index (χ3n) is 2.87. The second kappa shape index (κ2) is 4.96. The van der Waals surface area contributed by atoms with Crippen molar-refractivity contribution >= 4 is 12.2 Å². The van der Waals surface area contributed by atoms with Crippen molar-refractivity contribution in [1.29, 1.82) is 0 Å². The van der Waals surface area contributed by atoms with E-state index >= 15 is 0 Å². The van der Waals surface area contributed by atoms with Gasteiger partial charge in [0.15, 0.2) is 0 Å². The minimum absolute atomic E-state index is 0.00842. The van der Waals surface area contributed by atoms with Gasteiger partial charge in [0.1, 0.15) is 0 Å². The van der Waals surface area contributed by atoms with Crippen LogP contribution in [0, 0.1) is 17.8 Å². The predicted molar refractivity (Wildman–Crippen MR) is 64.5 cm³/mol. The second-order valence-corrected chi connectivity index (χ2v) is 4.42. The Hall–Kier alpha value is -1.32. The van der Waals surface area contributed by atoms with Crippen LogP contribution in [0.1, 0.15) is 27.2 Å². The van der Waals surface area contributed by atoms with Gasteiger partial charge in [-0.25, -0.2) is 0 Å². The molecule has 1 rings (SSSR count). The quantitative estimate of drug-likeness (QED) is 0.312. The Morgan fingerprint density at radius 2 is 2.13 bits per heavy atom. The highest BCUT2D eigenvalue weighted by Crippen LogP contribution is 2.32. The van der Waals surface area contributed by atoms with Crippen molar-refractivity contribution in [2.75, 3.05) is 0 Å². The number of nitrogens with zero attached hydrogens (tertiary/aromatic N) is 2. The topological polar surface area (TPSA) is 76.8 Å². The van der Waals surface area contributed by atoms with Crippen LogP contribution >= 0.6 is 0 Å². The lowest BCUT2D eigenvalue weighted by atomic mass is 9.76. The van der Waals surface area contributed by atoms with E-state index in [1.54, 1.807) is 0 Å². The number of rotatable bonds is 2. The minimum Gasteiger partial charge on any atom is -0.369 e. The number of hydrogen-bond donors (Lipinski definition) is 2. The lowest BCUT2D eigenvalue weighted by Crippen LogP contribution is -2.25. The normalized spacial score (nSPS) is 31.4. The first kappa shape index (κ1) is 11.8. The summed E-state index contributed by atoms with van der Waals surface area (Å²) in [6.45, 7) is 6.61. The molecule has 0 unspecified atom stereocenters. The van der Waals surface area contributed by atoms with Crippen LogP contribution in [0.15, 0.2) is 21.9 Å². The average Bonchev–Trinajstić information content (AvgIpc) is 2.08. The Morgan fingerprint density at radius 1 is 1.47 bits per heavy atom. The Morgan fingerprint density at radius 3 is 2.67 bits per heavy atom. The molecule has 3 atom stereocenters. The first-order valence-corrected chi connectivity index (χ1v) is 5.30. The lowest BCUT2D eigenvalue weighted by Gasteiger charge is -2.29. The van der Waals surface area contributed by atoms with E-state index in [0.717, 1.165) is 6.42 Å². The van der Waals surface area contributed by atoms with Gasteiger partial charge >= 0.3 is 0 Å². The van der Waals surface area contributed by atoms with Crippen molar-refractivity contribution in [2.24, 2.45) is 39.4 Å². The fourth-order valence-electron chi connectivity index (χ4n) is 2.25. The molecule has 0 saturated heterocycles. The zero-order valence-electron chi connectivity index (χ0n) is 9.64. The highest BCUT2D eigenvalue weighted by Gasteiger charge is 2.24. The summed E-state index contributed by atoms with van der Waals surface area (Å²) in [7, 11) is 0. The number of allylic oxidation sites excluding steroid dienone is 2. The summed E-state index contributed by atoms with van der Waals surface area (Å²) in [6, 6.07) is 0. The number of guanidine groups is 1. The summed E-state index contributed by atoms with van der Waals surface area (Å²) >= 11 is 0. The van der Waals surface area contributed by atoms with Gasteiger partial charge in [0.25, 0.3) is 0 Å². The maximum absolute atomic E-state index is 5.20. The van der Waals surface area contributed by atoms with Gasteiger partial charge in [0.05, 0.1) is 0 Å². The van der Waals surface area contributed by atoms with E-state index in [0.29, 0.717) is 17.8 Å². The highest BCUT2D eigenvalue weighted by atomic mass is 15.3. The monoisotopic (exact) mass is 208 g/mol. The molecule has 15 heavy (non-hydrogen) atoms. The van der Waals surface area contributed by atoms with Gasteiger partial charge in [-0.1, -0.05) is 25.5 Å². The average molecular weight is 208 g/mol. The van der Waals surface area contributed by atoms with Crippen LogP contribution in [0.4, 0.5) is 0 Å². The van der Waals surface area contributed by atoms with E-state index in [1.807, 2.05) is 6.21 Å². The molecule has 0 aliphatic heterocycles. The fourth-order valence-corrected chi connectivity index (χ4v) is 2.25. The van der Waals surface area contributed by atoms with Crippen molar-refractivity contribution in [3.8, 4) is 0 Å². The molecule has 0 bridgehead atoms. The Bertz CT molecular complexity index is 300. The molecule has 84 valence electrons. The van der Waals surface area contributed by atoms with Crippen LogP contribution < -0.4 is 11.5 Å². The molecular formula is C11H20N4. The standard InChI is InChI=1S/C11H20N4/c1-7-4-8(2)10(9(3)5-7)6-14-15-11(12)13/h4,6,8-10H,5H2,1-3H3,(H4,12,13,15)/b14-6-/t8-,9+,10+/m0/s1. The molecule has 0 radical (unpaired) electrons.